The number of aliphatic hydroxyl groups excluding tert-OH is 4. The molecule has 3 heterocycles. The minimum Gasteiger partial charge on any atom is -0.396 e. The molecule has 7 atom stereocenters. The van der Waals surface area contributed by atoms with Crippen molar-refractivity contribution in [1.82, 2.24) is 0 Å². The lowest BCUT2D eigenvalue weighted by Gasteiger charge is -2.37. The molecule has 170 valence electrons. The molecule has 29 heavy (non-hydrogen) atoms. The van der Waals surface area contributed by atoms with Gasteiger partial charge >= 0.3 is 0 Å². The highest BCUT2D eigenvalue weighted by Gasteiger charge is 2.43. The Hall–Kier alpha value is -0.360. The standard InChI is InChI=1S/C20H36O9/c21-8-14-4-5-15(9-22)26-18(14)12-25-11-17-2-1-3-19(27-17)29-20(13-24)7-6-16(10-23)28-20/h14-19,21-24H,1-13H2. The fourth-order valence-electron chi connectivity index (χ4n) is 4.33. The van der Waals surface area contributed by atoms with E-state index in [4.69, 9.17) is 23.7 Å². The van der Waals surface area contributed by atoms with Gasteiger partial charge in [-0.25, -0.2) is 0 Å². The largest absolute Gasteiger partial charge is 0.396 e. The summed E-state index contributed by atoms with van der Waals surface area (Å²) in [5, 5.41) is 37.9. The van der Waals surface area contributed by atoms with E-state index in [9.17, 15) is 20.4 Å². The lowest BCUT2D eigenvalue weighted by atomic mass is 9.93. The smallest absolute Gasteiger partial charge is 0.194 e. The Balaban J connectivity index is 1.42. The van der Waals surface area contributed by atoms with Crippen molar-refractivity contribution in [1.29, 1.82) is 0 Å². The van der Waals surface area contributed by atoms with Crippen LogP contribution in [-0.4, -0.2) is 96.6 Å². The minimum absolute atomic E-state index is 0.0181. The lowest BCUT2D eigenvalue weighted by Crippen LogP contribution is -2.45. The second kappa shape index (κ2) is 11.3. The summed E-state index contributed by atoms with van der Waals surface area (Å²) in [6.45, 7) is 0.370. The zero-order valence-electron chi connectivity index (χ0n) is 17.0. The summed E-state index contributed by atoms with van der Waals surface area (Å²) in [6, 6.07) is 0. The molecule has 3 saturated heterocycles. The third-order valence-electron chi connectivity index (χ3n) is 6.11. The van der Waals surface area contributed by atoms with Crippen molar-refractivity contribution in [3.05, 3.63) is 0 Å². The second-order valence-electron chi connectivity index (χ2n) is 8.30. The topological polar surface area (TPSA) is 127 Å². The van der Waals surface area contributed by atoms with E-state index in [0.717, 1.165) is 25.7 Å². The zero-order valence-corrected chi connectivity index (χ0v) is 17.0. The third-order valence-corrected chi connectivity index (χ3v) is 6.11. The van der Waals surface area contributed by atoms with Gasteiger partial charge in [0.2, 0.25) is 0 Å². The minimum atomic E-state index is -1.11. The maximum atomic E-state index is 9.74. The number of rotatable bonds is 10. The molecule has 7 unspecified atom stereocenters. The molecule has 9 heteroatoms. The SMILES string of the molecule is OCC1CCC(CO)C(COCC2CCCC(OC3(CO)CCC(CO)O3)O2)O1. The van der Waals surface area contributed by atoms with E-state index in [-0.39, 0.29) is 56.8 Å². The Kier molecular flexibility index (Phi) is 9.09. The molecular weight excluding hydrogens is 384 g/mol. The van der Waals surface area contributed by atoms with Gasteiger partial charge in [-0.15, -0.1) is 0 Å². The van der Waals surface area contributed by atoms with E-state index in [1.54, 1.807) is 0 Å². The first-order chi connectivity index (χ1) is 14.1. The van der Waals surface area contributed by atoms with Gasteiger partial charge in [-0.2, -0.15) is 0 Å². The Morgan fingerprint density at radius 2 is 1.62 bits per heavy atom. The molecule has 4 N–H and O–H groups in total. The molecule has 3 fully saturated rings. The number of ether oxygens (including phenoxy) is 5. The molecule has 0 saturated carbocycles. The summed E-state index contributed by atoms with van der Waals surface area (Å²) >= 11 is 0. The molecule has 3 aliphatic heterocycles. The molecule has 0 aromatic rings. The Bertz CT molecular complexity index is 479. The highest BCUT2D eigenvalue weighted by Crippen LogP contribution is 2.35. The average Bonchev–Trinajstić information content (AvgIpc) is 3.17. The molecule has 0 radical (unpaired) electrons. The number of hydrogen-bond donors (Lipinski definition) is 4. The highest BCUT2D eigenvalue weighted by molar-refractivity contribution is 4.82. The summed E-state index contributed by atoms with van der Waals surface area (Å²) in [7, 11) is 0. The molecule has 0 bridgehead atoms. The van der Waals surface area contributed by atoms with Crippen molar-refractivity contribution in [3.63, 3.8) is 0 Å². The first kappa shape index (κ1) is 23.3. The molecule has 0 spiro atoms. The van der Waals surface area contributed by atoms with Gasteiger partial charge in [0.25, 0.3) is 0 Å². The summed E-state index contributed by atoms with van der Waals surface area (Å²) in [4.78, 5) is 0. The van der Waals surface area contributed by atoms with Crippen LogP contribution in [0, 0.1) is 5.92 Å². The number of hydrogen-bond acceptors (Lipinski definition) is 9. The highest BCUT2D eigenvalue weighted by atomic mass is 16.8. The maximum absolute atomic E-state index is 9.74. The fraction of sp³-hybridized carbons (Fsp3) is 1.00. The molecule has 0 aromatic heterocycles. The van der Waals surface area contributed by atoms with Gasteiger partial charge in [0.15, 0.2) is 12.1 Å². The van der Waals surface area contributed by atoms with Crippen molar-refractivity contribution in [3.8, 4) is 0 Å². The molecular formula is C20H36O9. The van der Waals surface area contributed by atoms with Crippen LogP contribution >= 0.6 is 0 Å². The van der Waals surface area contributed by atoms with Gasteiger partial charge < -0.3 is 44.1 Å². The monoisotopic (exact) mass is 420 g/mol. The van der Waals surface area contributed by atoms with E-state index < -0.39 is 12.1 Å². The molecule has 0 aliphatic carbocycles. The van der Waals surface area contributed by atoms with Gasteiger partial charge in [-0.3, -0.25) is 0 Å². The predicted molar refractivity (Wildman–Crippen MR) is 101 cm³/mol. The van der Waals surface area contributed by atoms with Crippen molar-refractivity contribution >= 4 is 0 Å². The molecule has 0 aromatic carbocycles. The molecule has 0 amide bonds. The zero-order chi connectivity index (χ0) is 20.7. The van der Waals surface area contributed by atoms with E-state index in [2.05, 4.69) is 0 Å². The Morgan fingerprint density at radius 3 is 2.31 bits per heavy atom. The summed E-state index contributed by atoms with van der Waals surface area (Å²) in [5.41, 5.74) is 0. The van der Waals surface area contributed by atoms with E-state index in [0.29, 0.717) is 32.5 Å². The van der Waals surface area contributed by atoms with Crippen LogP contribution in [0.15, 0.2) is 0 Å². The number of aliphatic hydroxyl groups is 4. The van der Waals surface area contributed by atoms with Crippen LogP contribution in [0.5, 0.6) is 0 Å². The van der Waals surface area contributed by atoms with E-state index >= 15 is 0 Å². The lowest BCUT2D eigenvalue weighted by molar-refractivity contribution is -0.331. The molecule has 3 aliphatic rings. The van der Waals surface area contributed by atoms with Gasteiger partial charge in [-0.1, -0.05) is 0 Å². The molecule has 9 nitrogen and oxygen atoms in total. The summed E-state index contributed by atoms with van der Waals surface area (Å²) in [6.07, 6.45) is 3.81. The predicted octanol–water partition coefficient (Wildman–Crippen LogP) is -0.0769. The maximum Gasteiger partial charge on any atom is 0.194 e. The van der Waals surface area contributed by atoms with Crippen molar-refractivity contribution in [2.75, 3.05) is 39.6 Å². The van der Waals surface area contributed by atoms with Gasteiger partial charge in [0, 0.05) is 18.9 Å². The van der Waals surface area contributed by atoms with Crippen LogP contribution in [0.4, 0.5) is 0 Å². The second-order valence-corrected chi connectivity index (χ2v) is 8.30. The summed E-state index contributed by atoms with van der Waals surface area (Å²) < 4.78 is 29.3. The third kappa shape index (κ3) is 6.32. The quantitative estimate of drug-likeness (QED) is 0.384. The van der Waals surface area contributed by atoms with Crippen molar-refractivity contribution < 1.29 is 44.1 Å². The van der Waals surface area contributed by atoms with Gasteiger partial charge in [0.1, 0.15) is 0 Å². The van der Waals surface area contributed by atoms with Gasteiger partial charge in [-0.05, 0) is 38.5 Å². The van der Waals surface area contributed by atoms with Gasteiger partial charge in [0.05, 0.1) is 57.5 Å². The van der Waals surface area contributed by atoms with Crippen LogP contribution in [0.1, 0.15) is 44.9 Å². The van der Waals surface area contributed by atoms with E-state index in [1.807, 2.05) is 0 Å². The summed E-state index contributed by atoms with van der Waals surface area (Å²) in [5.74, 6) is -1.09. The van der Waals surface area contributed by atoms with Crippen LogP contribution in [0.25, 0.3) is 0 Å². The normalized spacial score (nSPS) is 41.0. The Morgan fingerprint density at radius 1 is 0.793 bits per heavy atom. The molecule has 3 rings (SSSR count). The van der Waals surface area contributed by atoms with Crippen LogP contribution in [-0.2, 0) is 23.7 Å². The van der Waals surface area contributed by atoms with Crippen LogP contribution < -0.4 is 0 Å². The van der Waals surface area contributed by atoms with Crippen molar-refractivity contribution in [2.45, 2.75) is 81.4 Å². The van der Waals surface area contributed by atoms with Crippen LogP contribution in [0.2, 0.25) is 0 Å². The first-order valence-corrected chi connectivity index (χ1v) is 10.8. The van der Waals surface area contributed by atoms with Crippen LogP contribution in [0.3, 0.4) is 0 Å². The first-order valence-electron chi connectivity index (χ1n) is 10.8. The van der Waals surface area contributed by atoms with E-state index in [1.165, 1.54) is 0 Å². The van der Waals surface area contributed by atoms with Crippen molar-refractivity contribution in [2.24, 2.45) is 5.92 Å². The Labute approximate surface area is 171 Å². The fourth-order valence-corrected chi connectivity index (χ4v) is 4.33. The average molecular weight is 420 g/mol.